The van der Waals surface area contributed by atoms with Crippen LogP contribution in [0.25, 0.3) is 11.4 Å². The largest absolute Gasteiger partial charge is 0.342 e. The third-order valence-corrected chi connectivity index (χ3v) is 4.43. The van der Waals surface area contributed by atoms with Crippen LogP contribution < -0.4 is 5.32 Å². The number of rotatable bonds is 4. The quantitative estimate of drug-likeness (QED) is 0.761. The van der Waals surface area contributed by atoms with Crippen LogP contribution in [0, 0.1) is 0 Å². The number of tetrazole rings is 1. The molecule has 1 N–H and O–H groups in total. The van der Waals surface area contributed by atoms with Gasteiger partial charge in [-0.3, -0.25) is 4.79 Å². The Bertz CT molecular complexity index is 960. The maximum atomic E-state index is 12.3. The highest BCUT2D eigenvalue weighted by molar-refractivity contribution is 5.90. The third-order valence-electron chi connectivity index (χ3n) is 4.43. The molecule has 134 valence electrons. The molecular weight excluding hydrogens is 334 g/mol. The number of fused-ring (bicyclic) bond motifs is 1. The molecule has 1 atom stereocenters. The number of amides is 1. The topological polar surface area (TPSA) is 112 Å². The summed E-state index contributed by atoms with van der Waals surface area (Å²) in [5.74, 6) is 1.17. The van der Waals surface area contributed by atoms with E-state index in [1.807, 2.05) is 26.0 Å². The Balaban J connectivity index is 1.53. The molecule has 4 rings (SSSR count). The number of hydrogen-bond donors (Lipinski definition) is 1. The average Bonchev–Trinajstić information content (AvgIpc) is 3.34. The molecule has 0 saturated heterocycles. The number of carbonyl (C=O) groups excluding carboxylic acids is 1. The van der Waals surface area contributed by atoms with Gasteiger partial charge in [-0.15, -0.1) is 10.2 Å². The van der Waals surface area contributed by atoms with E-state index in [1.165, 1.54) is 10.4 Å². The molecule has 1 unspecified atom stereocenters. The van der Waals surface area contributed by atoms with E-state index in [0.29, 0.717) is 11.7 Å². The molecular formula is C17H19N7O2. The van der Waals surface area contributed by atoms with Crippen LogP contribution in [0.1, 0.15) is 59.9 Å². The van der Waals surface area contributed by atoms with Gasteiger partial charge >= 0.3 is 0 Å². The molecule has 0 aliphatic heterocycles. The first-order valence-corrected chi connectivity index (χ1v) is 8.53. The summed E-state index contributed by atoms with van der Waals surface area (Å²) in [6.07, 6.45) is 1.70. The van der Waals surface area contributed by atoms with Crippen molar-refractivity contribution in [3.8, 4) is 11.4 Å². The standard InChI is InChI=1S/C17H19N7O2/c1-9(2)17-19-14(22-26-17)11-4-6-12-10(8-11)5-7-13(12)18-16(25)15-20-23-24(3)21-15/h4,6,8-9,13H,5,7H2,1-3H3,(H,18,25). The number of aryl methyl sites for hydroxylation is 2. The number of nitrogens with one attached hydrogen (secondary N) is 1. The summed E-state index contributed by atoms with van der Waals surface area (Å²) in [4.78, 5) is 18.0. The van der Waals surface area contributed by atoms with Gasteiger partial charge in [0.2, 0.25) is 11.7 Å². The molecule has 3 aromatic rings. The Morgan fingerprint density at radius 2 is 2.23 bits per heavy atom. The molecule has 2 heterocycles. The van der Waals surface area contributed by atoms with E-state index in [2.05, 4.69) is 36.9 Å². The van der Waals surface area contributed by atoms with Crippen molar-refractivity contribution in [1.82, 2.24) is 35.7 Å². The Hall–Kier alpha value is -3.10. The highest BCUT2D eigenvalue weighted by atomic mass is 16.5. The first kappa shape index (κ1) is 16.4. The van der Waals surface area contributed by atoms with Crippen molar-refractivity contribution in [2.24, 2.45) is 7.05 Å². The minimum absolute atomic E-state index is 0.0631. The van der Waals surface area contributed by atoms with Crippen LogP contribution in [-0.4, -0.2) is 36.3 Å². The average molecular weight is 353 g/mol. The van der Waals surface area contributed by atoms with E-state index in [9.17, 15) is 4.79 Å². The fourth-order valence-corrected chi connectivity index (χ4v) is 3.09. The molecule has 1 aromatic carbocycles. The summed E-state index contributed by atoms with van der Waals surface area (Å²) < 4.78 is 5.28. The maximum absolute atomic E-state index is 12.3. The van der Waals surface area contributed by atoms with Crippen LogP contribution in [0.15, 0.2) is 22.7 Å². The van der Waals surface area contributed by atoms with E-state index >= 15 is 0 Å². The molecule has 0 fully saturated rings. The maximum Gasteiger partial charge on any atom is 0.293 e. The molecule has 0 spiro atoms. The fraction of sp³-hybridized carbons (Fsp3) is 0.412. The SMILES string of the molecule is CC(C)c1nc(-c2ccc3c(c2)CCC3NC(=O)c2nnn(C)n2)no1. The molecule has 0 saturated carbocycles. The van der Waals surface area contributed by atoms with E-state index < -0.39 is 0 Å². The second-order valence-corrected chi connectivity index (χ2v) is 6.69. The van der Waals surface area contributed by atoms with Crippen LogP contribution in [0.2, 0.25) is 0 Å². The van der Waals surface area contributed by atoms with Crippen LogP contribution in [0.4, 0.5) is 0 Å². The van der Waals surface area contributed by atoms with Gasteiger partial charge in [0, 0.05) is 11.5 Å². The first-order chi connectivity index (χ1) is 12.5. The smallest absolute Gasteiger partial charge is 0.293 e. The lowest BCUT2D eigenvalue weighted by Crippen LogP contribution is -2.28. The summed E-state index contributed by atoms with van der Waals surface area (Å²) in [6.45, 7) is 4.03. The van der Waals surface area contributed by atoms with Crippen molar-refractivity contribution in [3.63, 3.8) is 0 Å². The first-order valence-electron chi connectivity index (χ1n) is 8.53. The second-order valence-electron chi connectivity index (χ2n) is 6.69. The van der Waals surface area contributed by atoms with Gasteiger partial charge in [0.15, 0.2) is 0 Å². The predicted octanol–water partition coefficient (Wildman–Crippen LogP) is 1.80. The van der Waals surface area contributed by atoms with Crippen LogP contribution >= 0.6 is 0 Å². The lowest BCUT2D eigenvalue weighted by atomic mass is 10.0. The van der Waals surface area contributed by atoms with Gasteiger partial charge in [0.05, 0.1) is 13.1 Å². The monoisotopic (exact) mass is 353 g/mol. The zero-order valence-corrected chi connectivity index (χ0v) is 14.8. The Kier molecular flexibility index (Phi) is 3.98. The minimum atomic E-state index is -0.320. The molecule has 1 aliphatic rings. The number of nitrogens with zero attached hydrogens (tertiary/aromatic N) is 6. The number of benzene rings is 1. The van der Waals surface area contributed by atoms with Crippen molar-refractivity contribution >= 4 is 5.91 Å². The summed E-state index contributed by atoms with van der Waals surface area (Å²) >= 11 is 0. The minimum Gasteiger partial charge on any atom is -0.342 e. The lowest BCUT2D eigenvalue weighted by molar-refractivity contribution is 0.0926. The van der Waals surface area contributed by atoms with Crippen molar-refractivity contribution in [1.29, 1.82) is 0 Å². The van der Waals surface area contributed by atoms with Gasteiger partial charge in [-0.2, -0.15) is 9.78 Å². The predicted molar refractivity (Wildman–Crippen MR) is 91.1 cm³/mol. The van der Waals surface area contributed by atoms with Crippen molar-refractivity contribution in [3.05, 3.63) is 41.0 Å². The highest BCUT2D eigenvalue weighted by Crippen LogP contribution is 2.34. The van der Waals surface area contributed by atoms with Gasteiger partial charge in [0.1, 0.15) is 0 Å². The van der Waals surface area contributed by atoms with Crippen LogP contribution in [0.3, 0.4) is 0 Å². The number of hydrogen-bond acceptors (Lipinski definition) is 7. The van der Waals surface area contributed by atoms with Gasteiger partial charge in [-0.05, 0) is 35.2 Å². The van der Waals surface area contributed by atoms with Crippen molar-refractivity contribution in [2.45, 2.75) is 38.6 Å². The number of carbonyl (C=O) groups is 1. The van der Waals surface area contributed by atoms with E-state index in [0.717, 1.165) is 24.0 Å². The van der Waals surface area contributed by atoms with Crippen molar-refractivity contribution in [2.75, 3.05) is 0 Å². The Morgan fingerprint density at radius 1 is 1.38 bits per heavy atom. The zero-order valence-electron chi connectivity index (χ0n) is 14.8. The highest BCUT2D eigenvalue weighted by Gasteiger charge is 2.26. The molecule has 0 bridgehead atoms. The third kappa shape index (κ3) is 2.96. The summed E-state index contributed by atoms with van der Waals surface area (Å²) in [5, 5.41) is 18.4. The Labute approximate surface area is 149 Å². The Morgan fingerprint density at radius 3 is 2.92 bits per heavy atom. The van der Waals surface area contributed by atoms with Crippen LogP contribution in [-0.2, 0) is 13.5 Å². The van der Waals surface area contributed by atoms with E-state index in [1.54, 1.807) is 7.05 Å². The van der Waals surface area contributed by atoms with Gasteiger partial charge in [-0.1, -0.05) is 31.1 Å². The number of aromatic nitrogens is 6. The summed E-state index contributed by atoms with van der Waals surface area (Å²) in [5.41, 5.74) is 3.19. The molecule has 1 aliphatic carbocycles. The molecule has 9 nitrogen and oxygen atoms in total. The van der Waals surface area contributed by atoms with E-state index in [4.69, 9.17) is 4.52 Å². The van der Waals surface area contributed by atoms with Crippen LogP contribution in [0.5, 0.6) is 0 Å². The van der Waals surface area contributed by atoms with Gasteiger partial charge in [-0.25, -0.2) is 0 Å². The molecule has 0 radical (unpaired) electrons. The summed E-state index contributed by atoms with van der Waals surface area (Å²) in [6, 6.07) is 5.97. The van der Waals surface area contributed by atoms with Gasteiger partial charge < -0.3 is 9.84 Å². The molecule has 26 heavy (non-hydrogen) atoms. The fourth-order valence-electron chi connectivity index (χ4n) is 3.09. The molecule has 2 aromatic heterocycles. The zero-order chi connectivity index (χ0) is 18.3. The molecule has 1 amide bonds. The van der Waals surface area contributed by atoms with E-state index in [-0.39, 0.29) is 23.7 Å². The molecule has 9 heteroatoms. The lowest BCUT2D eigenvalue weighted by Gasteiger charge is -2.12. The second kappa shape index (κ2) is 6.32. The normalized spacial score (nSPS) is 16.1. The van der Waals surface area contributed by atoms with Gasteiger partial charge in [0.25, 0.3) is 11.7 Å². The summed E-state index contributed by atoms with van der Waals surface area (Å²) in [7, 11) is 1.62. The van der Waals surface area contributed by atoms with Crippen molar-refractivity contribution < 1.29 is 9.32 Å².